The van der Waals surface area contributed by atoms with Gasteiger partial charge in [-0.25, -0.2) is 0 Å². The fourth-order valence-corrected chi connectivity index (χ4v) is 4.20. The van der Waals surface area contributed by atoms with E-state index in [9.17, 15) is 0 Å². The summed E-state index contributed by atoms with van der Waals surface area (Å²) in [6.07, 6.45) is 18.9. The van der Waals surface area contributed by atoms with Gasteiger partial charge in [-0.3, -0.25) is 0 Å². The standard InChI is InChI=1S/C9H22N2.C8H20N2.2C7H18N2.C6H16N2/c1-11(2)9-7-5-3-4-6-8-10;1-10(2)8-6-4-3-5-7-9;1-9(2)7-5-3-4-6-8;1-3-9(4-2)7-5-6-8;1-8(2)6-4-3-5-7/h3-10H2,1-2H3;3-9H2,1-2H3;2*3-8H2,1-2H3;3-7H2,1-2H3. The van der Waals surface area contributed by atoms with Gasteiger partial charge in [0.05, 0.1) is 0 Å². The lowest BCUT2D eigenvalue weighted by atomic mass is 10.1. The Kier molecular flexibility index (Phi) is 62.4. The van der Waals surface area contributed by atoms with Crippen LogP contribution in [0.25, 0.3) is 0 Å². The van der Waals surface area contributed by atoms with E-state index < -0.39 is 0 Å². The highest BCUT2D eigenvalue weighted by molar-refractivity contribution is 4.52. The number of rotatable bonds is 27. The van der Waals surface area contributed by atoms with Crippen molar-refractivity contribution in [2.75, 3.05) is 135 Å². The number of hydrogen-bond donors (Lipinski definition) is 5. The molecule has 47 heavy (non-hydrogen) atoms. The summed E-state index contributed by atoms with van der Waals surface area (Å²) < 4.78 is 0. The van der Waals surface area contributed by atoms with Gasteiger partial charge in [0.1, 0.15) is 0 Å². The van der Waals surface area contributed by atoms with Crippen LogP contribution in [0, 0.1) is 0 Å². The Bertz CT molecular complexity index is 476. The van der Waals surface area contributed by atoms with Crippen molar-refractivity contribution in [2.24, 2.45) is 28.7 Å². The molecular weight excluding hydrogens is 584 g/mol. The minimum absolute atomic E-state index is 0.816. The predicted molar refractivity (Wildman–Crippen MR) is 217 cm³/mol. The minimum atomic E-state index is 0.816. The maximum atomic E-state index is 5.38. The smallest absolute Gasteiger partial charge is 0.000695 e. The first kappa shape index (κ1) is 56.0. The molecule has 0 aromatic rings. The van der Waals surface area contributed by atoms with E-state index in [1.54, 1.807) is 0 Å². The topological polar surface area (TPSA) is 146 Å². The molecule has 0 atom stereocenters. The quantitative estimate of drug-likeness (QED) is 0.0803. The van der Waals surface area contributed by atoms with E-state index in [2.05, 4.69) is 94.7 Å². The predicted octanol–water partition coefficient (Wildman–Crippen LogP) is 4.17. The zero-order chi connectivity index (χ0) is 37.0. The monoisotopic (exact) mass is 679 g/mol. The Morgan fingerprint density at radius 3 is 0.745 bits per heavy atom. The maximum absolute atomic E-state index is 5.38. The highest BCUT2D eigenvalue weighted by Gasteiger charge is 1.95. The highest BCUT2D eigenvalue weighted by Crippen LogP contribution is 2.02. The van der Waals surface area contributed by atoms with Gasteiger partial charge in [0.15, 0.2) is 0 Å². The molecule has 0 aromatic carbocycles. The lowest BCUT2D eigenvalue weighted by molar-refractivity contribution is 0.302. The van der Waals surface area contributed by atoms with Gasteiger partial charge in [0, 0.05) is 0 Å². The number of nitrogens with zero attached hydrogens (tertiary/aromatic N) is 5. The van der Waals surface area contributed by atoms with Crippen molar-refractivity contribution in [3.8, 4) is 0 Å². The van der Waals surface area contributed by atoms with E-state index in [0.717, 1.165) is 71.7 Å². The van der Waals surface area contributed by atoms with Crippen LogP contribution in [0.1, 0.15) is 110 Å². The van der Waals surface area contributed by atoms with E-state index in [-0.39, 0.29) is 0 Å². The molecule has 10 N–H and O–H groups in total. The summed E-state index contributed by atoms with van der Waals surface area (Å²) >= 11 is 0. The largest absolute Gasteiger partial charge is 0.330 e. The molecular formula is C37H94N10. The third kappa shape index (κ3) is 76.8. The molecule has 0 fully saturated rings. The van der Waals surface area contributed by atoms with Crippen molar-refractivity contribution in [3.05, 3.63) is 0 Å². The van der Waals surface area contributed by atoms with Crippen LogP contribution in [0.2, 0.25) is 0 Å². The fourth-order valence-electron chi connectivity index (χ4n) is 4.20. The van der Waals surface area contributed by atoms with E-state index in [4.69, 9.17) is 28.7 Å². The number of nitrogens with two attached hydrogens (primary N) is 5. The molecule has 0 aliphatic carbocycles. The van der Waals surface area contributed by atoms with Gasteiger partial charge in [-0.1, -0.05) is 52.4 Å². The minimum Gasteiger partial charge on any atom is -0.330 e. The fraction of sp³-hybridized carbons (Fsp3) is 1.00. The average molecular weight is 679 g/mol. The molecule has 0 saturated carbocycles. The van der Waals surface area contributed by atoms with E-state index in [0.29, 0.717) is 0 Å². The second-order valence-electron chi connectivity index (χ2n) is 13.5. The third-order valence-corrected chi connectivity index (χ3v) is 7.31. The summed E-state index contributed by atoms with van der Waals surface area (Å²) in [5, 5.41) is 0. The molecule has 0 heterocycles. The Labute approximate surface area is 297 Å². The molecule has 0 rings (SSSR count). The van der Waals surface area contributed by atoms with Crippen molar-refractivity contribution in [1.82, 2.24) is 24.5 Å². The van der Waals surface area contributed by atoms with Crippen LogP contribution in [-0.4, -0.2) is 159 Å². The van der Waals surface area contributed by atoms with Crippen molar-refractivity contribution in [3.63, 3.8) is 0 Å². The van der Waals surface area contributed by atoms with Gasteiger partial charge < -0.3 is 53.2 Å². The van der Waals surface area contributed by atoms with Gasteiger partial charge in [-0.05, 0) is 193 Å². The Morgan fingerprint density at radius 2 is 0.489 bits per heavy atom. The van der Waals surface area contributed by atoms with Crippen molar-refractivity contribution < 1.29 is 0 Å². The van der Waals surface area contributed by atoms with Crippen LogP contribution in [0.3, 0.4) is 0 Å². The third-order valence-electron chi connectivity index (χ3n) is 7.31. The molecule has 0 unspecified atom stereocenters. The average Bonchev–Trinajstić information content (AvgIpc) is 3.02. The van der Waals surface area contributed by atoms with Gasteiger partial charge in [0.2, 0.25) is 0 Å². The van der Waals surface area contributed by atoms with Gasteiger partial charge >= 0.3 is 0 Å². The summed E-state index contributed by atoms with van der Waals surface area (Å²) in [6.45, 7) is 16.8. The van der Waals surface area contributed by atoms with Crippen molar-refractivity contribution >= 4 is 0 Å². The molecule has 0 bridgehead atoms. The lowest BCUT2D eigenvalue weighted by Crippen LogP contribution is -2.25. The second-order valence-corrected chi connectivity index (χ2v) is 13.5. The van der Waals surface area contributed by atoms with E-state index >= 15 is 0 Å². The van der Waals surface area contributed by atoms with Gasteiger partial charge in [-0.15, -0.1) is 0 Å². The molecule has 0 aliphatic rings. The molecule has 0 radical (unpaired) electrons. The normalized spacial score (nSPS) is 10.7. The van der Waals surface area contributed by atoms with Crippen LogP contribution < -0.4 is 28.7 Å². The Hall–Kier alpha value is -0.400. The Morgan fingerprint density at radius 1 is 0.277 bits per heavy atom. The first-order valence-corrected chi connectivity index (χ1v) is 19.2. The van der Waals surface area contributed by atoms with Gasteiger partial charge in [-0.2, -0.15) is 0 Å². The summed E-state index contributed by atoms with van der Waals surface area (Å²) in [6, 6.07) is 0. The van der Waals surface area contributed by atoms with Gasteiger partial charge in [0.25, 0.3) is 0 Å². The summed E-state index contributed by atoms with van der Waals surface area (Å²) in [7, 11) is 16.8. The second kappa shape index (κ2) is 52.4. The molecule has 292 valence electrons. The summed E-state index contributed by atoms with van der Waals surface area (Å²) in [4.78, 5) is 11.2. The summed E-state index contributed by atoms with van der Waals surface area (Å²) in [5.74, 6) is 0. The Balaban J connectivity index is -0.000000157. The first-order valence-electron chi connectivity index (χ1n) is 19.2. The SMILES string of the molecule is CCN(CC)CCCN.CN(C)CCCCCCCN.CN(C)CCCCCCN.CN(C)CCCCCN.CN(C)CCCCN. The molecule has 0 spiro atoms. The lowest BCUT2D eigenvalue weighted by Gasteiger charge is -2.16. The number of hydrogen-bond acceptors (Lipinski definition) is 10. The van der Waals surface area contributed by atoms with Crippen LogP contribution in [0.4, 0.5) is 0 Å². The highest BCUT2D eigenvalue weighted by atomic mass is 15.1. The molecule has 0 amide bonds. The van der Waals surface area contributed by atoms with Crippen molar-refractivity contribution in [1.29, 1.82) is 0 Å². The number of unbranched alkanes of at least 4 members (excludes halogenated alkanes) is 10. The molecule has 10 heteroatoms. The van der Waals surface area contributed by atoms with Crippen LogP contribution >= 0.6 is 0 Å². The molecule has 0 saturated heterocycles. The van der Waals surface area contributed by atoms with Crippen molar-refractivity contribution in [2.45, 2.75) is 110 Å². The van der Waals surface area contributed by atoms with Crippen LogP contribution in [0.5, 0.6) is 0 Å². The molecule has 10 nitrogen and oxygen atoms in total. The summed E-state index contributed by atoms with van der Waals surface area (Å²) in [5.41, 5.74) is 26.7. The van der Waals surface area contributed by atoms with Crippen LogP contribution in [0.15, 0.2) is 0 Å². The maximum Gasteiger partial charge on any atom is -0.000695 e. The molecule has 0 aliphatic heterocycles. The van der Waals surface area contributed by atoms with E-state index in [1.807, 2.05) is 0 Å². The first-order chi connectivity index (χ1) is 22.4. The zero-order valence-electron chi connectivity index (χ0n) is 34.2. The zero-order valence-corrected chi connectivity index (χ0v) is 34.2. The van der Waals surface area contributed by atoms with E-state index in [1.165, 1.54) is 103 Å². The van der Waals surface area contributed by atoms with Crippen LogP contribution in [-0.2, 0) is 0 Å². The molecule has 0 aromatic heterocycles.